The van der Waals surface area contributed by atoms with Crippen molar-refractivity contribution in [3.8, 4) is 0 Å². The lowest BCUT2D eigenvalue weighted by molar-refractivity contribution is -0.0763. The van der Waals surface area contributed by atoms with Crippen LogP contribution in [0.1, 0.15) is 63.9 Å². The van der Waals surface area contributed by atoms with Crippen LogP contribution in [0.4, 0.5) is 4.79 Å². The zero-order chi connectivity index (χ0) is 45.5. The molecule has 0 saturated heterocycles. The molecular formula is C63H53ClO2. The van der Waals surface area contributed by atoms with E-state index in [1.165, 1.54) is 0 Å². The van der Waals surface area contributed by atoms with Gasteiger partial charge in [0.1, 0.15) is 6.10 Å². The van der Waals surface area contributed by atoms with E-state index >= 15 is 0 Å². The van der Waals surface area contributed by atoms with E-state index < -0.39 is 39.1 Å². The Morgan fingerprint density at radius 2 is 0.530 bits per heavy atom. The van der Waals surface area contributed by atoms with Crippen molar-refractivity contribution in [3.05, 3.63) is 323 Å². The summed E-state index contributed by atoms with van der Waals surface area (Å²) in [6.07, 6.45) is -0.996. The standard InChI is InChI=1S/C63H53ClO2/c1-48(61(49-30-12-3-13-31-49,50-32-14-4-15-33-50)51-34-16-5-17-35-51)58(66-59(64)65)60(2,62(52-36-18-6-19-37-52,53-38-20-7-21-39-53)54-40-22-8-23-41-54)63(55-42-24-9-25-43-55,56-44-26-10-27-45-56)57-46-28-11-29-47-57/h3-48,58H,1-2H3. The molecule has 2 atom stereocenters. The Balaban J connectivity index is 1.60. The smallest absolute Gasteiger partial charge is 0.404 e. The van der Waals surface area contributed by atoms with Gasteiger partial charge in [0.15, 0.2) is 0 Å². The molecule has 66 heavy (non-hydrogen) atoms. The van der Waals surface area contributed by atoms with Gasteiger partial charge < -0.3 is 4.74 Å². The van der Waals surface area contributed by atoms with Crippen molar-refractivity contribution in [3.63, 3.8) is 0 Å². The molecule has 0 heterocycles. The van der Waals surface area contributed by atoms with E-state index in [4.69, 9.17) is 16.3 Å². The van der Waals surface area contributed by atoms with E-state index in [9.17, 15) is 4.79 Å². The fraction of sp³-hybridized carbons (Fsp3) is 0.127. The number of carbonyl (C=O) groups excluding carboxylic acids is 1. The molecule has 0 spiro atoms. The van der Waals surface area contributed by atoms with Gasteiger partial charge in [-0.15, -0.1) is 0 Å². The van der Waals surface area contributed by atoms with E-state index in [0.29, 0.717) is 0 Å². The van der Waals surface area contributed by atoms with Gasteiger partial charge in [-0.25, -0.2) is 4.79 Å². The summed E-state index contributed by atoms with van der Waals surface area (Å²) in [5.74, 6) is -0.538. The monoisotopic (exact) mass is 876 g/mol. The van der Waals surface area contributed by atoms with Gasteiger partial charge in [-0.2, -0.15) is 0 Å². The van der Waals surface area contributed by atoms with Crippen LogP contribution < -0.4 is 0 Å². The van der Waals surface area contributed by atoms with Crippen LogP contribution >= 0.6 is 11.6 Å². The van der Waals surface area contributed by atoms with Gasteiger partial charge in [0.2, 0.25) is 0 Å². The summed E-state index contributed by atoms with van der Waals surface area (Å²) in [6.45, 7) is 4.65. The van der Waals surface area contributed by atoms with Crippen molar-refractivity contribution >= 4 is 17.0 Å². The molecule has 0 amide bonds. The van der Waals surface area contributed by atoms with Crippen LogP contribution in [-0.2, 0) is 21.0 Å². The zero-order valence-electron chi connectivity index (χ0n) is 37.3. The Hall–Kier alpha value is -7.26. The van der Waals surface area contributed by atoms with Crippen molar-refractivity contribution in [1.82, 2.24) is 0 Å². The van der Waals surface area contributed by atoms with Crippen LogP contribution in [0, 0.1) is 11.3 Å². The fourth-order valence-corrected chi connectivity index (χ4v) is 12.2. The average molecular weight is 878 g/mol. The highest BCUT2D eigenvalue weighted by atomic mass is 35.5. The summed E-state index contributed by atoms with van der Waals surface area (Å²) in [5.41, 5.74) is 4.07. The van der Waals surface area contributed by atoms with Crippen molar-refractivity contribution in [2.45, 2.75) is 36.2 Å². The first-order valence-electron chi connectivity index (χ1n) is 22.8. The molecule has 9 aromatic carbocycles. The molecule has 0 N–H and O–H groups in total. The van der Waals surface area contributed by atoms with E-state index in [-0.39, 0.29) is 0 Å². The lowest BCUT2D eigenvalue weighted by atomic mass is 9.38. The molecule has 0 aromatic heterocycles. The van der Waals surface area contributed by atoms with Gasteiger partial charge in [0, 0.05) is 22.9 Å². The normalized spacial score (nSPS) is 13.0. The van der Waals surface area contributed by atoms with Gasteiger partial charge in [-0.3, -0.25) is 0 Å². The maximum atomic E-state index is 14.6. The Morgan fingerprint density at radius 3 is 0.712 bits per heavy atom. The number of carbonyl (C=O) groups is 1. The van der Waals surface area contributed by atoms with E-state index in [1.807, 2.05) is 0 Å². The molecule has 0 radical (unpaired) electrons. The summed E-state index contributed by atoms with van der Waals surface area (Å²) in [4.78, 5) is 14.6. The highest BCUT2D eigenvalue weighted by Crippen LogP contribution is 2.69. The number of halogens is 1. The second-order valence-electron chi connectivity index (χ2n) is 17.4. The third kappa shape index (κ3) is 7.18. The second kappa shape index (κ2) is 19.1. The van der Waals surface area contributed by atoms with E-state index in [2.05, 4.69) is 287 Å². The van der Waals surface area contributed by atoms with Gasteiger partial charge in [0.05, 0.1) is 16.2 Å². The van der Waals surface area contributed by atoms with Crippen molar-refractivity contribution in [2.75, 3.05) is 0 Å². The van der Waals surface area contributed by atoms with Gasteiger partial charge in [-0.1, -0.05) is 287 Å². The fourth-order valence-electron chi connectivity index (χ4n) is 12.1. The number of ether oxygens (including phenoxy) is 1. The van der Waals surface area contributed by atoms with Crippen LogP contribution in [-0.4, -0.2) is 11.5 Å². The molecule has 0 aliphatic carbocycles. The number of hydrogen-bond donors (Lipinski definition) is 0. The van der Waals surface area contributed by atoms with Crippen LogP contribution in [0.15, 0.2) is 273 Å². The molecule has 9 aromatic rings. The highest BCUT2D eigenvalue weighted by Gasteiger charge is 2.70. The maximum absolute atomic E-state index is 14.6. The number of rotatable bonds is 15. The third-order valence-electron chi connectivity index (χ3n) is 14.4. The summed E-state index contributed by atoms with van der Waals surface area (Å²) >= 11 is 6.93. The van der Waals surface area contributed by atoms with E-state index in [1.54, 1.807) is 0 Å². The molecule has 2 nitrogen and oxygen atoms in total. The molecule has 0 bridgehead atoms. The van der Waals surface area contributed by atoms with Gasteiger partial charge >= 0.3 is 5.43 Å². The van der Waals surface area contributed by atoms with Gasteiger partial charge in [0.25, 0.3) is 0 Å². The second-order valence-corrected chi connectivity index (χ2v) is 17.7. The molecule has 9 rings (SSSR count). The van der Waals surface area contributed by atoms with Crippen LogP contribution in [0.5, 0.6) is 0 Å². The van der Waals surface area contributed by atoms with Crippen molar-refractivity contribution < 1.29 is 9.53 Å². The molecule has 0 aliphatic rings. The summed E-state index contributed by atoms with van der Waals surface area (Å²) < 4.78 is 7.32. The number of hydrogen-bond acceptors (Lipinski definition) is 2. The molecule has 2 unspecified atom stereocenters. The molecule has 0 saturated carbocycles. The first-order valence-corrected chi connectivity index (χ1v) is 23.1. The Bertz CT molecular complexity index is 2500. The zero-order valence-corrected chi connectivity index (χ0v) is 38.1. The highest BCUT2D eigenvalue weighted by molar-refractivity contribution is 6.61. The van der Waals surface area contributed by atoms with Crippen LogP contribution in [0.25, 0.3) is 0 Å². The Kier molecular flexibility index (Phi) is 12.7. The minimum absolute atomic E-state index is 0.538. The van der Waals surface area contributed by atoms with Gasteiger partial charge in [-0.05, 0) is 50.1 Å². The SMILES string of the molecule is CC(C(OC(=O)Cl)C(C)(C(c1ccccc1)(c1ccccc1)c1ccccc1)C(c1ccccc1)(c1ccccc1)c1ccccc1)C(c1ccccc1)(c1ccccc1)c1ccccc1. The van der Waals surface area contributed by atoms with Crippen molar-refractivity contribution in [2.24, 2.45) is 11.3 Å². The molecule has 0 aliphatic heterocycles. The largest absolute Gasteiger partial charge is 0.449 e. The van der Waals surface area contributed by atoms with E-state index in [0.717, 1.165) is 50.1 Å². The molecule has 3 heteroatoms. The van der Waals surface area contributed by atoms with Crippen LogP contribution in [0.3, 0.4) is 0 Å². The topological polar surface area (TPSA) is 26.3 Å². The Morgan fingerprint density at radius 1 is 0.348 bits per heavy atom. The summed E-state index contributed by atoms with van der Waals surface area (Å²) in [6, 6.07) is 97.0. The first kappa shape index (κ1) is 44.0. The lowest BCUT2D eigenvalue weighted by Gasteiger charge is -2.64. The lowest BCUT2D eigenvalue weighted by Crippen LogP contribution is -2.67. The molecule has 324 valence electrons. The van der Waals surface area contributed by atoms with Crippen molar-refractivity contribution in [1.29, 1.82) is 0 Å². The van der Waals surface area contributed by atoms with Crippen LogP contribution in [0.2, 0.25) is 0 Å². The predicted molar refractivity (Wildman–Crippen MR) is 271 cm³/mol. The summed E-state index contributed by atoms with van der Waals surface area (Å²) in [5, 5.41) is 0. The molecule has 0 fully saturated rings. The minimum atomic E-state index is -1.26. The minimum Gasteiger partial charge on any atom is -0.449 e. The average Bonchev–Trinajstić information content (AvgIpc) is 3.39. The quantitative estimate of drug-likeness (QED) is 0.0758. The third-order valence-corrected chi connectivity index (χ3v) is 14.5. The maximum Gasteiger partial charge on any atom is 0.404 e. The first-order chi connectivity index (χ1) is 32.4. The Labute approximate surface area is 395 Å². The number of benzene rings is 9. The predicted octanol–water partition coefficient (Wildman–Crippen LogP) is 15.5. The summed E-state index contributed by atoms with van der Waals surface area (Å²) in [7, 11) is 0. The molecular weight excluding hydrogens is 824 g/mol.